The highest BCUT2D eigenvalue weighted by atomic mass is 19.4. The van der Waals surface area contributed by atoms with Crippen molar-refractivity contribution in [1.82, 2.24) is 10.6 Å². The predicted molar refractivity (Wildman–Crippen MR) is 84.2 cm³/mol. The summed E-state index contributed by atoms with van der Waals surface area (Å²) in [6.07, 6.45) is -4.45. The van der Waals surface area contributed by atoms with Gasteiger partial charge < -0.3 is 20.5 Å². The number of alkyl halides is 3. The first-order valence-electron chi connectivity index (χ1n) is 7.74. The van der Waals surface area contributed by atoms with E-state index < -0.39 is 36.5 Å². The summed E-state index contributed by atoms with van der Waals surface area (Å²) in [6.45, 7) is 1.47. The highest BCUT2D eigenvalue weighted by Gasteiger charge is 2.31. The summed E-state index contributed by atoms with van der Waals surface area (Å²) < 4.78 is 40.2. The molecule has 2 amide bonds. The number of aliphatic carboxylic acids is 1. The third-order valence-electron chi connectivity index (χ3n) is 3.15. The van der Waals surface area contributed by atoms with Crippen LogP contribution in [0.25, 0.3) is 0 Å². The van der Waals surface area contributed by atoms with Gasteiger partial charge in [0.15, 0.2) is 0 Å². The number of carboxylic acid groups (broad SMARTS) is 1. The van der Waals surface area contributed by atoms with Crippen molar-refractivity contribution >= 4 is 17.8 Å². The molecule has 1 aromatic rings. The van der Waals surface area contributed by atoms with Gasteiger partial charge in [-0.05, 0) is 24.1 Å². The maximum Gasteiger partial charge on any atom is 0.573 e. The summed E-state index contributed by atoms with van der Waals surface area (Å²) in [7, 11) is 0. The number of carboxylic acids is 1. The van der Waals surface area contributed by atoms with Crippen molar-refractivity contribution in [3.63, 3.8) is 0 Å². The summed E-state index contributed by atoms with van der Waals surface area (Å²) >= 11 is 0. The first kappa shape index (κ1) is 21.3. The van der Waals surface area contributed by atoms with Gasteiger partial charge in [0.05, 0.1) is 19.0 Å². The number of rotatable bonds is 9. The molecule has 0 saturated carbocycles. The largest absolute Gasteiger partial charge is 0.573 e. The number of ether oxygens (including phenoxy) is 1. The minimum atomic E-state index is -4.84. The summed E-state index contributed by atoms with van der Waals surface area (Å²) in [5, 5.41) is 13.8. The molecule has 0 heterocycles. The van der Waals surface area contributed by atoms with E-state index >= 15 is 0 Å². The van der Waals surface area contributed by atoms with Crippen LogP contribution in [0.3, 0.4) is 0 Å². The van der Waals surface area contributed by atoms with E-state index in [0.29, 0.717) is 6.42 Å². The van der Waals surface area contributed by atoms with E-state index in [0.717, 1.165) is 12.1 Å². The number of amides is 2. The Morgan fingerprint density at radius 2 is 1.77 bits per heavy atom. The van der Waals surface area contributed by atoms with Gasteiger partial charge in [0.1, 0.15) is 5.75 Å². The van der Waals surface area contributed by atoms with Gasteiger partial charge >= 0.3 is 12.3 Å². The quantitative estimate of drug-likeness (QED) is 0.612. The highest BCUT2D eigenvalue weighted by Crippen LogP contribution is 2.25. The van der Waals surface area contributed by atoms with Crippen molar-refractivity contribution in [1.29, 1.82) is 0 Å². The Kier molecular flexibility index (Phi) is 7.88. The first-order chi connectivity index (χ1) is 12.1. The molecule has 0 saturated heterocycles. The normalized spacial score (nSPS) is 12.2. The predicted octanol–water partition coefficient (Wildman–Crippen LogP) is 2.13. The second-order valence-corrected chi connectivity index (χ2v) is 5.36. The molecule has 144 valence electrons. The molecule has 1 atom stereocenters. The Morgan fingerprint density at radius 3 is 2.27 bits per heavy atom. The van der Waals surface area contributed by atoms with Crippen molar-refractivity contribution in [2.45, 2.75) is 38.6 Å². The van der Waals surface area contributed by atoms with E-state index in [-0.39, 0.29) is 24.4 Å². The lowest BCUT2D eigenvalue weighted by molar-refractivity contribution is -0.274. The van der Waals surface area contributed by atoms with Gasteiger partial charge in [-0.15, -0.1) is 13.2 Å². The van der Waals surface area contributed by atoms with Crippen LogP contribution in [0.4, 0.5) is 13.2 Å². The zero-order valence-corrected chi connectivity index (χ0v) is 13.9. The molecule has 1 rings (SSSR count). The molecule has 26 heavy (non-hydrogen) atoms. The van der Waals surface area contributed by atoms with E-state index in [9.17, 15) is 27.6 Å². The Hall–Kier alpha value is -2.78. The van der Waals surface area contributed by atoms with Crippen LogP contribution in [0.5, 0.6) is 5.75 Å². The van der Waals surface area contributed by atoms with E-state index in [2.05, 4.69) is 15.4 Å². The lowest BCUT2D eigenvalue weighted by Crippen LogP contribution is -2.39. The summed E-state index contributed by atoms with van der Waals surface area (Å²) in [6, 6.07) is 3.53. The van der Waals surface area contributed by atoms with Crippen LogP contribution in [0.1, 0.15) is 37.8 Å². The third-order valence-corrected chi connectivity index (χ3v) is 3.15. The van der Waals surface area contributed by atoms with Crippen LogP contribution >= 0.6 is 0 Å². The Bertz CT molecular complexity index is 632. The van der Waals surface area contributed by atoms with Gasteiger partial charge in [0.25, 0.3) is 0 Å². The maximum atomic E-state index is 12.2. The van der Waals surface area contributed by atoms with Gasteiger partial charge in [-0.3, -0.25) is 14.4 Å². The highest BCUT2D eigenvalue weighted by molar-refractivity contribution is 5.85. The van der Waals surface area contributed by atoms with Crippen molar-refractivity contribution in [3.8, 4) is 5.75 Å². The second kappa shape index (κ2) is 9.64. The lowest BCUT2D eigenvalue weighted by atomic mass is 10.0. The summed E-state index contributed by atoms with van der Waals surface area (Å²) in [5.74, 6) is -2.60. The molecule has 7 nitrogen and oxygen atoms in total. The van der Waals surface area contributed by atoms with E-state index in [1.165, 1.54) is 12.1 Å². The van der Waals surface area contributed by atoms with Crippen LogP contribution in [-0.2, 0) is 14.4 Å². The number of benzene rings is 1. The zero-order valence-electron chi connectivity index (χ0n) is 13.9. The number of carbonyl (C=O) groups excluding carboxylic acids is 2. The zero-order chi connectivity index (χ0) is 19.7. The molecule has 0 aliphatic rings. The molecular weight excluding hydrogens is 357 g/mol. The molecule has 0 spiro atoms. The van der Waals surface area contributed by atoms with E-state index in [1.54, 1.807) is 6.92 Å². The first-order valence-corrected chi connectivity index (χ1v) is 7.74. The van der Waals surface area contributed by atoms with E-state index in [1.807, 2.05) is 0 Å². The Labute approximate surface area is 147 Å². The molecule has 0 radical (unpaired) electrons. The van der Waals surface area contributed by atoms with Crippen LogP contribution in [-0.4, -0.2) is 35.8 Å². The van der Waals surface area contributed by atoms with Crippen LogP contribution in [0.15, 0.2) is 24.3 Å². The SMILES string of the molecule is CCCC(=O)NCC(=O)NC(CC(=O)O)c1ccc(OC(F)(F)F)cc1. The van der Waals surface area contributed by atoms with Crippen molar-refractivity contribution in [2.75, 3.05) is 6.54 Å². The molecule has 1 unspecified atom stereocenters. The molecule has 10 heteroatoms. The molecule has 0 bridgehead atoms. The third kappa shape index (κ3) is 8.36. The van der Waals surface area contributed by atoms with Gasteiger partial charge in [-0.25, -0.2) is 0 Å². The van der Waals surface area contributed by atoms with Crippen molar-refractivity contribution in [3.05, 3.63) is 29.8 Å². The fourth-order valence-electron chi connectivity index (χ4n) is 2.07. The molecule has 0 fully saturated rings. The van der Waals surface area contributed by atoms with Gasteiger partial charge in [-0.1, -0.05) is 19.1 Å². The molecule has 3 N–H and O–H groups in total. The van der Waals surface area contributed by atoms with Crippen LogP contribution in [0, 0.1) is 0 Å². The van der Waals surface area contributed by atoms with E-state index in [4.69, 9.17) is 5.11 Å². The fourth-order valence-corrected chi connectivity index (χ4v) is 2.07. The molecule has 0 aliphatic heterocycles. The topological polar surface area (TPSA) is 105 Å². The minimum Gasteiger partial charge on any atom is -0.481 e. The van der Waals surface area contributed by atoms with Gasteiger partial charge in [0, 0.05) is 6.42 Å². The van der Waals surface area contributed by atoms with Crippen molar-refractivity contribution < 1.29 is 37.4 Å². The van der Waals surface area contributed by atoms with Crippen LogP contribution < -0.4 is 15.4 Å². The molecular formula is C16H19F3N2O5. The number of nitrogens with one attached hydrogen (secondary N) is 2. The average molecular weight is 376 g/mol. The Morgan fingerprint density at radius 1 is 1.15 bits per heavy atom. The van der Waals surface area contributed by atoms with Gasteiger partial charge in [-0.2, -0.15) is 0 Å². The number of halogens is 3. The van der Waals surface area contributed by atoms with Gasteiger partial charge in [0.2, 0.25) is 11.8 Å². The minimum absolute atomic E-state index is 0.256. The monoisotopic (exact) mass is 376 g/mol. The lowest BCUT2D eigenvalue weighted by Gasteiger charge is -2.18. The fraction of sp³-hybridized carbons (Fsp3) is 0.438. The maximum absolute atomic E-state index is 12.2. The molecule has 1 aromatic carbocycles. The Balaban J connectivity index is 2.75. The number of carbonyl (C=O) groups is 3. The summed E-state index contributed by atoms with van der Waals surface area (Å²) in [4.78, 5) is 34.2. The summed E-state index contributed by atoms with van der Waals surface area (Å²) in [5.41, 5.74) is 0.287. The molecule has 0 aromatic heterocycles. The average Bonchev–Trinajstić information content (AvgIpc) is 2.51. The van der Waals surface area contributed by atoms with Crippen LogP contribution in [0.2, 0.25) is 0 Å². The smallest absolute Gasteiger partial charge is 0.481 e. The standard InChI is InChI=1S/C16H19F3N2O5/c1-2-3-13(22)20-9-14(23)21-12(8-15(24)25)10-4-6-11(7-5-10)26-16(17,18)19/h4-7,12H,2-3,8-9H2,1H3,(H,20,22)(H,21,23)(H,24,25). The second-order valence-electron chi connectivity index (χ2n) is 5.36. The molecule has 0 aliphatic carbocycles. The number of hydrogen-bond acceptors (Lipinski definition) is 4. The van der Waals surface area contributed by atoms with Crippen molar-refractivity contribution in [2.24, 2.45) is 0 Å². The number of hydrogen-bond donors (Lipinski definition) is 3.